The second-order valence-electron chi connectivity index (χ2n) is 21.1. The van der Waals surface area contributed by atoms with Gasteiger partial charge in [-0.3, -0.25) is 0 Å². The van der Waals surface area contributed by atoms with Crippen LogP contribution in [-0.2, 0) is 22.3 Å². The molecule has 4 atom stereocenters. The van der Waals surface area contributed by atoms with Gasteiger partial charge in [0.05, 0.1) is 20.6 Å². The minimum Gasteiger partial charge on any atom is -0.507 e. The number of hydrogen-bond donors (Lipinski definition) is 6. The summed E-state index contributed by atoms with van der Waals surface area (Å²) >= 11 is 10.4. The number of phenols is 4. The molecule has 61 heavy (non-hydrogen) atoms. The molecule has 4 nitrogen and oxygen atoms in total. The summed E-state index contributed by atoms with van der Waals surface area (Å²) in [6.45, 7) is 27.3. The fourth-order valence-corrected chi connectivity index (χ4v) is 17.1. The zero-order chi connectivity index (χ0) is 45.2. The standard InChI is InChI=1S/C53H84O4S2Si2/c1-11-12-13-18-29-61(9,10)31-27-43-34-48(56)51(49(57)35-43)53(59)37-40(5)24-26-45(53)41(6)21-17-15-14-16-19-28-60(7,8)30-20-22-42-32-46(54)50(47(55)33-42)52(58)36-39(4)23-25-44(52)38(2)3/h32-37,44-45,54-59H,2,6,11-31H2,1,3-5,7-10H3/t44-,45-,52+,53+/m1/s1. The minimum atomic E-state index is -1.38. The van der Waals surface area contributed by atoms with E-state index < -0.39 is 25.6 Å². The van der Waals surface area contributed by atoms with E-state index in [1.807, 2.05) is 31.2 Å². The molecule has 2 aliphatic rings. The lowest BCUT2D eigenvalue weighted by Crippen LogP contribution is -2.32. The van der Waals surface area contributed by atoms with Gasteiger partial charge in [0.15, 0.2) is 0 Å². The Balaban J connectivity index is 1.23. The van der Waals surface area contributed by atoms with Crippen LogP contribution in [0.2, 0.25) is 50.4 Å². The van der Waals surface area contributed by atoms with E-state index in [9.17, 15) is 20.4 Å². The van der Waals surface area contributed by atoms with Crippen LogP contribution in [0.5, 0.6) is 23.0 Å². The Morgan fingerprint density at radius 3 is 1.52 bits per heavy atom. The van der Waals surface area contributed by atoms with Gasteiger partial charge in [0.25, 0.3) is 0 Å². The molecule has 2 aromatic rings. The number of rotatable bonds is 24. The average molecular weight is 906 g/mol. The molecule has 8 heteroatoms. The van der Waals surface area contributed by atoms with Crippen molar-refractivity contribution in [3.05, 3.63) is 94.1 Å². The maximum absolute atomic E-state index is 11.5. The Hall–Kier alpha value is -2.27. The first-order valence-electron chi connectivity index (χ1n) is 23.9. The molecular weight excluding hydrogens is 821 g/mol. The molecule has 0 unspecified atom stereocenters. The summed E-state index contributed by atoms with van der Waals surface area (Å²) in [4.78, 5) is 0. The van der Waals surface area contributed by atoms with Gasteiger partial charge in [-0.1, -0.05) is 163 Å². The van der Waals surface area contributed by atoms with Crippen LogP contribution in [0.1, 0.15) is 146 Å². The van der Waals surface area contributed by atoms with E-state index in [0.717, 1.165) is 80.5 Å². The minimum absolute atomic E-state index is 0.0427. The Labute approximate surface area is 385 Å². The maximum atomic E-state index is 11.5. The highest BCUT2D eigenvalue weighted by Crippen LogP contribution is 2.55. The average Bonchev–Trinajstić information content (AvgIpc) is 3.14. The second-order valence-corrected chi connectivity index (χ2v) is 33.2. The normalized spacial score (nSPS) is 22.2. The molecule has 0 saturated carbocycles. The molecule has 4 rings (SSSR count). The molecule has 0 amide bonds. The van der Waals surface area contributed by atoms with Gasteiger partial charge >= 0.3 is 0 Å². The highest BCUT2D eigenvalue weighted by molar-refractivity contribution is 7.81. The van der Waals surface area contributed by atoms with E-state index >= 15 is 0 Å². The zero-order valence-electron chi connectivity index (χ0n) is 39.6. The van der Waals surface area contributed by atoms with Crippen molar-refractivity contribution >= 4 is 41.4 Å². The maximum Gasteiger partial charge on any atom is 0.124 e. The summed E-state index contributed by atoms with van der Waals surface area (Å²) in [7, 11) is -2.73. The van der Waals surface area contributed by atoms with Crippen LogP contribution in [0.25, 0.3) is 0 Å². The van der Waals surface area contributed by atoms with Crippen LogP contribution in [0, 0.1) is 11.8 Å². The molecule has 340 valence electrons. The Bertz CT molecular complexity index is 1830. The number of aromatic hydroxyl groups is 4. The van der Waals surface area contributed by atoms with Crippen molar-refractivity contribution in [2.24, 2.45) is 11.8 Å². The van der Waals surface area contributed by atoms with Gasteiger partial charge in [0.2, 0.25) is 0 Å². The Kier molecular flexibility index (Phi) is 19.0. The third kappa shape index (κ3) is 14.1. The third-order valence-electron chi connectivity index (χ3n) is 14.3. The fraction of sp³-hybridized carbons (Fsp3) is 0.623. The molecule has 0 bridgehead atoms. The number of phenolic OH excluding ortho intramolecular Hbond substituents is 4. The molecule has 0 radical (unpaired) electrons. The molecule has 0 spiro atoms. The lowest BCUT2D eigenvalue weighted by Gasteiger charge is -2.41. The van der Waals surface area contributed by atoms with Gasteiger partial charge in [-0.15, -0.1) is 0 Å². The Morgan fingerprint density at radius 1 is 0.607 bits per heavy atom. The number of benzene rings is 2. The van der Waals surface area contributed by atoms with E-state index in [-0.39, 0.29) is 34.8 Å². The van der Waals surface area contributed by atoms with Gasteiger partial charge in [-0.2, -0.15) is 25.3 Å². The SMILES string of the molecule is C=C(C)[C@H]1CCC(C)=C[C@@]1(S)c1c(O)cc(CCC[Si](C)(C)CCCCCCCC(=C)[C@H]2CCC(C)=C[C@@]2(S)c2c(O)cc(CC[Si](C)(C)CCCCCC)cc2O)cc1O. The smallest absolute Gasteiger partial charge is 0.124 e. The zero-order valence-corrected chi connectivity index (χ0v) is 43.4. The molecule has 0 saturated heterocycles. The van der Waals surface area contributed by atoms with Crippen LogP contribution >= 0.6 is 25.3 Å². The Morgan fingerprint density at radius 2 is 1.02 bits per heavy atom. The molecule has 2 aromatic carbocycles. The lowest BCUT2D eigenvalue weighted by molar-refractivity contribution is 0.384. The van der Waals surface area contributed by atoms with Crippen molar-refractivity contribution < 1.29 is 20.4 Å². The van der Waals surface area contributed by atoms with Crippen LogP contribution in [0.4, 0.5) is 0 Å². The van der Waals surface area contributed by atoms with E-state index in [1.54, 1.807) is 0 Å². The number of thiol groups is 2. The highest BCUT2D eigenvalue weighted by Gasteiger charge is 2.44. The van der Waals surface area contributed by atoms with Crippen LogP contribution in [-0.4, -0.2) is 36.6 Å². The van der Waals surface area contributed by atoms with Gasteiger partial charge < -0.3 is 20.4 Å². The van der Waals surface area contributed by atoms with Crippen molar-refractivity contribution in [2.75, 3.05) is 0 Å². The number of aryl methyl sites for hydroxylation is 2. The number of unbranched alkanes of at least 4 members (excludes halogenated alkanes) is 7. The predicted molar refractivity (Wildman–Crippen MR) is 276 cm³/mol. The molecule has 0 aliphatic heterocycles. The topological polar surface area (TPSA) is 80.9 Å². The first kappa shape index (κ1) is 51.4. The molecule has 0 aromatic heterocycles. The monoisotopic (exact) mass is 905 g/mol. The van der Waals surface area contributed by atoms with Crippen molar-refractivity contribution in [3.8, 4) is 23.0 Å². The van der Waals surface area contributed by atoms with Crippen molar-refractivity contribution in [2.45, 2.75) is 197 Å². The lowest BCUT2D eigenvalue weighted by atomic mass is 9.71. The van der Waals surface area contributed by atoms with E-state index in [2.05, 4.69) is 72.3 Å². The van der Waals surface area contributed by atoms with Gasteiger partial charge in [0, 0.05) is 28.0 Å². The largest absolute Gasteiger partial charge is 0.507 e. The third-order valence-corrected chi connectivity index (χ3v) is 22.4. The first-order chi connectivity index (χ1) is 28.6. The van der Waals surface area contributed by atoms with Crippen molar-refractivity contribution in [1.82, 2.24) is 0 Å². The number of hydrogen-bond acceptors (Lipinski definition) is 6. The van der Waals surface area contributed by atoms with E-state index in [0.29, 0.717) is 11.1 Å². The van der Waals surface area contributed by atoms with Gasteiger partial charge in [-0.25, -0.2) is 0 Å². The molecule has 0 heterocycles. The fourth-order valence-electron chi connectivity index (χ4n) is 10.6. The highest BCUT2D eigenvalue weighted by atomic mass is 32.1. The van der Waals surface area contributed by atoms with Crippen LogP contribution in [0.3, 0.4) is 0 Å². The van der Waals surface area contributed by atoms with Crippen molar-refractivity contribution in [3.63, 3.8) is 0 Å². The molecule has 4 N–H and O–H groups in total. The van der Waals surface area contributed by atoms with Crippen LogP contribution in [0.15, 0.2) is 71.9 Å². The summed E-state index contributed by atoms with van der Waals surface area (Å²) in [5, 5.41) is 45.4. The number of allylic oxidation sites excluding steroid dienone is 4. The summed E-state index contributed by atoms with van der Waals surface area (Å²) < 4.78 is -1.57. The summed E-state index contributed by atoms with van der Waals surface area (Å²) in [5.41, 5.74) is 7.67. The quantitative estimate of drug-likeness (QED) is 0.0274. The second kappa shape index (κ2) is 22.6. The van der Waals surface area contributed by atoms with E-state index in [4.69, 9.17) is 25.3 Å². The summed E-state index contributed by atoms with van der Waals surface area (Å²) in [6, 6.07) is 12.5. The summed E-state index contributed by atoms with van der Waals surface area (Å²) in [6.07, 6.45) is 22.9. The first-order valence-corrected chi connectivity index (χ1v) is 31.6. The van der Waals surface area contributed by atoms with Gasteiger partial charge in [-0.05, 0) is 108 Å². The van der Waals surface area contributed by atoms with Gasteiger partial charge in [0.1, 0.15) is 23.0 Å². The van der Waals surface area contributed by atoms with Crippen LogP contribution < -0.4 is 0 Å². The molecule has 2 aliphatic carbocycles. The molecule has 0 fully saturated rings. The predicted octanol–water partition coefficient (Wildman–Crippen LogP) is 16.1. The van der Waals surface area contributed by atoms with E-state index in [1.165, 1.54) is 86.2 Å². The van der Waals surface area contributed by atoms with Crippen molar-refractivity contribution in [1.29, 1.82) is 0 Å². The summed E-state index contributed by atoms with van der Waals surface area (Å²) in [5.74, 6) is 0.649. The molecular formula is C53H84O4S2Si2.